The van der Waals surface area contributed by atoms with E-state index < -0.39 is 17.3 Å². The number of likely N-dealkylation sites (N-methyl/N-ethyl adjacent to an activating group) is 1. The maximum atomic E-state index is 12.7. The lowest BCUT2D eigenvalue weighted by Crippen LogP contribution is -2.28. The molecule has 170 valence electrons. The van der Waals surface area contributed by atoms with Crippen molar-refractivity contribution in [2.75, 3.05) is 33.1 Å². The summed E-state index contributed by atoms with van der Waals surface area (Å²) < 4.78 is 44.2. The maximum absolute atomic E-state index is 12.7. The molecule has 0 amide bonds. The molecule has 0 saturated heterocycles. The number of hydrogen-bond acceptors (Lipinski definition) is 6. The van der Waals surface area contributed by atoms with E-state index in [2.05, 4.69) is 15.4 Å². The van der Waals surface area contributed by atoms with Crippen LogP contribution in [0.1, 0.15) is 17.2 Å². The molecule has 0 bridgehead atoms. The van der Waals surface area contributed by atoms with Crippen molar-refractivity contribution in [2.24, 2.45) is 0 Å². The van der Waals surface area contributed by atoms with Crippen LogP contribution in [0.5, 0.6) is 5.75 Å². The van der Waals surface area contributed by atoms with Crippen LogP contribution in [0.2, 0.25) is 5.02 Å². The fraction of sp³-hybridized carbons (Fsp3) is 0.286. The van der Waals surface area contributed by atoms with Crippen LogP contribution in [0.15, 0.2) is 53.6 Å². The second-order valence-electron chi connectivity index (χ2n) is 7.13. The molecule has 3 rings (SSSR count). The van der Waals surface area contributed by atoms with Gasteiger partial charge in [-0.3, -0.25) is 4.79 Å². The summed E-state index contributed by atoms with van der Waals surface area (Å²) in [6.07, 6.45) is -2.55. The number of anilines is 1. The van der Waals surface area contributed by atoms with Crippen molar-refractivity contribution in [3.8, 4) is 11.6 Å². The molecule has 1 aromatic carbocycles. The van der Waals surface area contributed by atoms with Crippen molar-refractivity contribution in [2.45, 2.75) is 12.2 Å². The van der Waals surface area contributed by atoms with Gasteiger partial charge in [0.25, 0.3) is 5.56 Å². The molecule has 1 unspecified atom stereocenters. The summed E-state index contributed by atoms with van der Waals surface area (Å²) in [6, 6.07) is 9.45. The number of pyridine rings is 1. The average Bonchev–Trinajstić information content (AvgIpc) is 2.76. The van der Waals surface area contributed by atoms with Crippen molar-refractivity contribution in [3.05, 3.63) is 75.3 Å². The number of aromatic nitrogens is 3. The number of nitrogens with one attached hydrogen (secondary N) is 1. The van der Waals surface area contributed by atoms with E-state index in [1.807, 2.05) is 43.3 Å². The number of methoxy groups -OCH3 is 1. The van der Waals surface area contributed by atoms with Crippen molar-refractivity contribution in [1.82, 2.24) is 19.7 Å². The third-order valence-electron chi connectivity index (χ3n) is 4.82. The van der Waals surface area contributed by atoms with Gasteiger partial charge in [0.1, 0.15) is 10.8 Å². The molecule has 0 fully saturated rings. The molecule has 2 heterocycles. The molecule has 0 aliphatic carbocycles. The summed E-state index contributed by atoms with van der Waals surface area (Å²) in [4.78, 5) is 18.3. The number of nitrogens with zero attached hydrogens (tertiary/aromatic N) is 4. The number of hydrogen-bond donors (Lipinski definition) is 1. The van der Waals surface area contributed by atoms with E-state index in [9.17, 15) is 18.0 Å². The third-order valence-corrected chi connectivity index (χ3v) is 5.19. The minimum absolute atomic E-state index is 0.0454. The Bertz CT molecular complexity index is 1120. The SMILES string of the molecule is COc1ccc(C(CNc2cnn(-c3ccc(C(F)(F)F)cn3)c(=O)c2Cl)N(C)C)cc1. The topological polar surface area (TPSA) is 72.3 Å². The average molecular weight is 468 g/mol. The predicted molar refractivity (Wildman–Crippen MR) is 116 cm³/mol. The lowest BCUT2D eigenvalue weighted by Gasteiger charge is -2.26. The fourth-order valence-corrected chi connectivity index (χ4v) is 3.23. The molecule has 3 aromatic rings. The summed E-state index contributed by atoms with van der Waals surface area (Å²) in [5.74, 6) is 0.674. The predicted octanol–water partition coefficient (Wildman–Crippen LogP) is 4.02. The van der Waals surface area contributed by atoms with Crippen LogP contribution in [0, 0.1) is 0 Å². The molecule has 2 aromatic heterocycles. The Morgan fingerprint density at radius 1 is 1.16 bits per heavy atom. The summed E-state index contributed by atoms with van der Waals surface area (Å²) in [7, 11) is 5.44. The van der Waals surface area contributed by atoms with Gasteiger partial charge in [-0.1, -0.05) is 23.7 Å². The molecular weight excluding hydrogens is 447 g/mol. The zero-order chi connectivity index (χ0) is 23.5. The summed E-state index contributed by atoms with van der Waals surface area (Å²) in [6.45, 7) is 0.419. The molecule has 0 spiro atoms. The first-order valence-electron chi connectivity index (χ1n) is 9.47. The lowest BCUT2D eigenvalue weighted by atomic mass is 10.1. The van der Waals surface area contributed by atoms with E-state index in [0.717, 1.165) is 28.1 Å². The van der Waals surface area contributed by atoms with E-state index in [-0.39, 0.29) is 16.9 Å². The summed E-state index contributed by atoms with van der Waals surface area (Å²) >= 11 is 6.23. The van der Waals surface area contributed by atoms with Gasteiger partial charge < -0.3 is 15.0 Å². The minimum atomic E-state index is -4.53. The van der Waals surface area contributed by atoms with Gasteiger partial charge in [-0.25, -0.2) is 4.98 Å². The maximum Gasteiger partial charge on any atom is 0.417 e. The highest BCUT2D eigenvalue weighted by molar-refractivity contribution is 6.32. The Morgan fingerprint density at radius 2 is 1.84 bits per heavy atom. The lowest BCUT2D eigenvalue weighted by molar-refractivity contribution is -0.137. The Labute approximate surface area is 187 Å². The standard InChI is InChI=1S/C21H21ClF3N5O2/c1-29(2)17(13-4-7-15(32-3)8-5-13)12-26-16-11-28-30(20(31)19(16)22)18-9-6-14(10-27-18)21(23,24)25/h4-11,17,26H,12H2,1-3H3. The fourth-order valence-electron chi connectivity index (χ4n) is 3.03. The normalized spacial score (nSPS) is 12.6. The first kappa shape index (κ1) is 23.6. The van der Waals surface area contributed by atoms with Crippen molar-refractivity contribution in [3.63, 3.8) is 0 Å². The highest BCUT2D eigenvalue weighted by atomic mass is 35.5. The van der Waals surface area contributed by atoms with Gasteiger partial charge in [0.2, 0.25) is 0 Å². The molecule has 0 aliphatic heterocycles. The molecule has 0 aliphatic rings. The molecule has 7 nitrogen and oxygen atoms in total. The van der Waals surface area contributed by atoms with Gasteiger partial charge >= 0.3 is 6.18 Å². The van der Waals surface area contributed by atoms with Crippen LogP contribution < -0.4 is 15.6 Å². The Kier molecular flexibility index (Phi) is 7.05. The monoisotopic (exact) mass is 467 g/mol. The minimum Gasteiger partial charge on any atom is -0.497 e. The largest absolute Gasteiger partial charge is 0.497 e. The Balaban J connectivity index is 1.80. The van der Waals surface area contributed by atoms with Crippen molar-refractivity contribution < 1.29 is 17.9 Å². The first-order valence-corrected chi connectivity index (χ1v) is 9.85. The second-order valence-corrected chi connectivity index (χ2v) is 7.50. The number of benzene rings is 1. The van der Waals surface area contributed by atoms with E-state index in [0.29, 0.717) is 18.4 Å². The summed E-state index contributed by atoms with van der Waals surface area (Å²) in [5.41, 5.74) is -0.295. The Hall–Kier alpha value is -3.11. The van der Waals surface area contributed by atoms with Crippen LogP contribution in [0.4, 0.5) is 18.9 Å². The van der Waals surface area contributed by atoms with E-state index in [1.165, 1.54) is 6.20 Å². The Morgan fingerprint density at radius 3 is 2.38 bits per heavy atom. The number of ether oxygens (including phenoxy) is 1. The van der Waals surface area contributed by atoms with Gasteiger partial charge in [-0.15, -0.1) is 0 Å². The van der Waals surface area contributed by atoms with Gasteiger partial charge in [0, 0.05) is 12.7 Å². The van der Waals surface area contributed by atoms with Gasteiger partial charge in [0.15, 0.2) is 5.82 Å². The van der Waals surface area contributed by atoms with E-state index in [1.54, 1.807) is 7.11 Å². The van der Waals surface area contributed by atoms with E-state index in [4.69, 9.17) is 16.3 Å². The van der Waals surface area contributed by atoms with Crippen molar-refractivity contribution in [1.29, 1.82) is 0 Å². The molecule has 32 heavy (non-hydrogen) atoms. The zero-order valence-electron chi connectivity index (χ0n) is 17.5. The van der Waals surface area contributed by atoms with Crippen LogP contribution in [-0.4, -0.2) is 47.4 Å². The summed E-state index contributed by atoms with van der Waals surface area (Å²) in [5, 5.41) is 6.98. The smallest absolute Gasteiger partial charge is 0.417 e. The van der Waals surface area contributed by atoms with Crippen molar-refractivity contribution >= 4 is 17.3 Å². The molecule has 11 heteroatoms. The molecular formula is C21H21ClF3N5O2. The highest BCUT2D eigenvalue weighted by Crippen LogP contribution is 2.29. The number of alkyl halides is 3. The number of halogens is 4. The van der Waals surface area contributed by atoms with Crippen LogP contribution in [0.25, 0.3) is 5.82 Å². The van der Waals surface area contributed by atoms with E-state index >= 15 is 0 Å². The quantitative estimate of drug-likeness (QED) is 0.566. The van der Waals surface area contributed by atoms with Crippen LogP contribution in [-0.2, 0) is 6.18 Å². The molecule has 0 radical (unpaired) electrons. The molecule has 0 saturated carbocycles. The van der Waals surface area contributed by atoms with Crippen LogP contribution >= 0.6 is 11.6 Å². The first-order chi connectivity index (χ1) is 15.1. The second kappa shape index (κ2) is 9.58. The third kappa shape index (κ3) is 5.20. The van der Waals surface area contributed by atoms with Gasteiger partial charge in [-0.2, -0.15) is 23.0 Å². The van der Waals surface area contributed by atoms with Gasteiger partial charge in [-0.05, 0) is 43.9 Å². The molecule has 1 atom stereocenters. The zero-order valence-corrected chi connectivity index (χ0v) is 18.3. The number of rotatable bonds is 7. The van der Waals surface area contributed by atoms with Gasteiger partial charge in [0.05, 0.1) is 30.6 Å². The van der Waals surface area contributed by atoms with Crippen LogP contribution in [0.3, 0.4) is 0 Å². The molecule has 1 N–H and O–H groups in total. The highest BCUT2D eigenvalue weighted by Gasteiger charge is 2.30.